The van der Waals surface area contributed by atoms with Crippen LogP contribution in [0.15, 0.2) is 24.4 Å². The summed E-state index contributed by atoms with van der Waals surface area (Å²) in [6, 6.07) is 5.43. The second-order valence-electron chi connectivity index (χ2n) is 3.58. The molecule has 0 aliphatic carbocycles. The molecule has 0 bridgehead atoms. The van der Waals surface area contributed by atoms with Crippen molar-refractivity contribution < 1.29 is 0 Å². The number of aryl methyl sites for hydroxylation is 1. The number of hydrogen-bond acceptors (Lipinski definition) is 2. The van der Waals surface area contributed by atoms with E-state index in [2.05, 4.69) is 4.98 Å². The minimum absolute atomic E-state index is 0.489. The lowest BCUT2D eigenvalue weighted by Crippen LogP contribution is -2.06. The van der Waals surface area contributed by atoms with Gasteiger partial charge < -0.3 is 10.3 Å². The van der Waals surface area contributed by atoms with Gasteiger partial charge in [-0.05, 0) is 24.6 Å². The zero-order valence-electron chi connectivity index (χ0n) is 8.74. The number of nitrogen functional groups attached to an aromatic ring is 1. The maximum absolute atomic E-state index is 6.09. The van der Waals surface area contributed by atoms with Gasteiger partial charge in [0.2, 0.25) is 5.95 Å². The fraction of sp³-hybridized carbons (Fsp3) is 0.182. The summed E-state index contributed by atoms with van der Waals surface area (Å²) in [5.74, 6) is 0.489. The van der Waals surface area contributed by atoms with E-state index in [9.17, 15) is 0 Å². The predicted molar refractivity (Wildman–Crippen MR) is 66.9 cm³/mol. The lowest BCUT2D eigenvalue weighted by atomic mass is 10.2. The summed E-state index contributed by atoms with van der Waals surface area (Å²) >= 11 is 11.9. The van der Waals surface area contributed by atoms with Crippen LogP contribution in [0.4, 0.5) is 5.95 Å². The molecule has 3 nitrogen and oxygen atoms in total. The summed E-state index contributed by atoms with van der Waals surface area (Å²) in [5, 5.41) is 1.27. The molecule has 1 heterocycles. The highest BCUT2D eigenvalue weighted by atomic mass is 35.5. The molecule has 2 N–H and O–H groups in total. The van der Waals surface area contributed by atoms with Crippen LogP contribution in [-0.2, 0) is 6.54 Å². The lowest BCUT2D eigenvalue weighted by molar-refractivity contribution is 0.783. The number of nitrogens with zero attached hydrogens (tertiary/aromatic N) is 2. The van der Waals surface area contributed by atoms with Crippen molar-refractivity contribution >= 4 is 29.2 Å². The monoisotopic (exact) mass is 255 g/mol. The van der Waals surface area contributed by atoms with Crippen LogP contribution in [0.25, 0.3) is 0 Å². The standard InChI is InChI=1S/C11H11Cl2N3/c1-7-5-15-11(14)16(7)6-8-2-3-9(12)4-10(8)13/h2-5H,6H2,1H3,(H2,14,15). The molecule has 1 aromatic carbocycles. The van der Waals surface area contributed by atoms with Gasteiger partial charge in [-0.2, -0.15) is 0 Å². The second kappa shape index (κ2) is 4.36. The van der Waals surface area contributed by atoms with Crippen LogP contribution >= 0.6 is 23.2 Å². The van der Waals surface area contributed by atoms with Gasteiger partial charge in [0.15, 0.2) is 0 Å². The van der Waals surface area contributed by atoms with E-state index in [1.165, 1.54) is 0 Å². The minimum atomic E-state index is 0.489. The quantitative estimate of drug-likeness (QED) is 0.897. The van der Waals surface area contributed by atoms with Crippen LogP contribution in [0.1, 0.15) is 11.3 Å². The van der Waals surface area contributed by atoms with E-state index in [0.717, 1.165) is 11.3 Å². The highest BCUT2D eigenvalue weighted by molar-refractivity contribution is 6.35. The number of halogens is 2. The Bertz CT molecular complexity index is 500. The zero-order valence-corrected chi connectivity index (χ0v) is 10.3. The number of nitrogens with two attached hydrogens (primary N) is 1. The molecule has 0 aliphatic rings. The Labute approximate surface area is 104 Å². The number of benzene rings is 1. The van der Waals surface area contributed by atoms with Gasteiger partial charge in [-0.15, -0.1) is 0 Å². The fourth-order valence-corrected chi connectivity index (χ4v) is 1.97. The van der Waals surface area contributed by atoms with E-state index in [0.29, 0.717) is 22.5 Å². The molecule has 0 amide bonds. The third-order valence-corrected chi connectivity index (χ3v) is 3.02. The summed E-state index contributed by atoms with van der Waals surface area (Å²) in [6.45, 7) is 2.56. The van der Waals surface area contributed by atoms with Gasteiger partial charge in [0.25, 0.3) is 0 Å². The highest BCUT2D eigenvalue weighted by Crippen LogP contribution is 2.22. The lowest BCUT2D eigenvalue weighted by Gasteiger charge is -2.09. The van der Waals surface area contributed by atoms with Crippen LogP contribution in [-0.4, -0.2) is 9.55 Å². The van der Waals surface area contributed by atoms with Gasteiger partial charge in [0.05, 0.1) is 12.7 Å². The largest absolute Gasteiger partial charge is 0.369 e. The van der Waals surface area contributed by atoms with Gasteiger partial charge in [-0.25, -0.2) is 4.98 Å². The molecule has 0 spiro atoms. The summed E-state index contributed by atoms with van der Waals surface area (Å²) in [5.41, 5.74) is 7.73. The molecule has 0 saturated carbocycles. The normalized spacial score (nSPS) is 10.7. The molecule has 0 atom stereocenters. The molecule has 16 heavy (non-hydrogen) atoms. The first-order valence-electron chi connectivity index (χ1n) is 4.79. The average Bonchev–Trinajstić information content (AvgIpc) is 2.53. The van der Waals surface area contributed by atoms with Gasteiger partial charge >= 0.3 is 0 Å². The van der Waals surface area contributed by atoms with Crippen molar-refractivity contribution in [2.75, 3.05) is 5.73 Å². The molecular formula is C11H11Cl2N3. The van der Waals surface area contributed by atoms with E-state index in [1.54, 1.807) is 12.3 Å². The van der Waals surface area contributed by atoms with Crippen molar-refractivity contribution in [3.05, 3.63) is 45.7 Å². The van der Waals surface area contributed by atoms with E-state index in [1.807, 2.05) is 23.6 Å². The minimum Gasteiger partial charge on any atom is -0.369 e. The Morgan fingerprint density at radius 1 is 1.38 bits per heavy atom. The number of rotatable bonds is 2. The first kappa shape index (κ1) is 11.3. The van der Waals surface area contributed by atoms with Gasteiger partial charge in [0.1, 0.15) is 0 Å². The van der Waals surface area contributed by atoms with Crippen molar-refractivity contribution in [3.63, 3.8) is 0 Å². The third kappa shape index (κ3) is 2.15. The summed E-state index contributed by atoms with van der Waals surface area (Å²) in [7, 11) is 0. The van der Waals surface area contributed by atoms with Crippen LogP contribution in [0.2, 0.25) is 10.0 Å². The molecule has 0 radical (unpaired) electrons. The Balaban J connectivity index is 2.34. The van der Waals surface area contributed by atoms with Crippen LogP contribution in [0.5, 0.6) is 0 Å². The average molecular weight is 256 g/mol. The Morgan fingerprint density at radius 3 is 2.69 bits per heavy atom. The SMILES string of the molecule is Cc1cnc(N)n1Cc1ccc(Cl)cc1Cl. The zero-order chi connectivity index (χ0) is 11.7. The molecule has 0 saturated heterocycles. The second-order valence-corrected chi connectivity index (χ2v) is 4.42. The van der Waals surface area contributed by atoms with Crippen molar-refractivity contribution in [1.29, 1.82) is 0 Å². The van der Waals surface area contributed by atoms with E-state index >= 15 is 0 Å². The van der Waals surface area contributed by atoms with Crippen LogP contribution < -0.4 is 5.73 Å². The van der Waals surface area contributed by atoms with Gasteiger partial charge in [0, 0.05) is 15.7 Å². The smallest absolute Gasteiger partial charge is 0.200 e. The fourth-order valence-electron chi connectivity index (χ4n) is 1.51. The van der Waals surface area contributed by atoms with Gasteiger partial charge in [-0.3, -0.25) is 0 Å². The molecular weight excluding hydrogens is 245 g/mol. The Morgan fingerprint density at radius 2 is 2.12 bits per heavy atom. The molecule has 0 aliphatic heterocycles. The molecule has 2 rings (SSSR count). The number of hydrogen-bond donors (Lipinski definition) is 1. The van der Waals surface area contributed by atoms with E-state index in [4.69, 9.17) is 28.9 Å². The highest BCUT2D eigenvalue weighted by Gasteiger charge is 2.07. The maximum atomic E-state index is 6.09. The summed E-state index contributed by atoms with van der Waals surface area (Å²) in [6.07, 6.45) is 1.74. The Hall–Kier alpha value is -1.19. The third-order valence-electron chi connectivity index (χ3n) is 2.43. The molecule has 5 heteroatoms. The number of imidazole rings is 1. The number of anilines is 1. The van der Waals surface area contributed by atoms with Gasteiger partial charge in [-0.1, -0.05) is 29.3 Å². The summed E-state index contributed by atoms with van der Waals surface area (Å²) < 4.78 is 1.90. The van der Waals surface area contributed by atoms with Crippen molar-refractivity contribution in [1.82, 2.24) is 9.55 Å². The summed E-state index contributed by atoms with van der Waals surface area (Å²) in [4.78, 5) is 4.03. The molecule has 0 unspecified atom stereocenters. The van der Waals surface area contributed by atoms with Crippen molar-refractivity contribution in [2.45, 2.75) is 13.5 Å². The topological polar surface area (TPSA) is 43.8 Å². The maximum Gasteiger partial charge on any atom is 0.200 e. The van der Waals surface area contributed by atoms with Crippen LogP contribution in [0.3, 0.4) is 0 Å². The van der Waals surface area contributed by atoms with Crippen molar-refractivity contribution in [3.8, 4) is 0 Å². The number of aromatic nitrogens is 2. The van der Waals surface area contributed by atoms with E-state index in [-0.39, 0.29) is 0 Å². The van der Waals surface area contributed by atoms with E-state index < -0.39 is 0 Å². The molecule has 1 aromatic heterocycles. The molecule has 2 aromatic rings. The Kier molecular flexibility index (Phi) is 3.08. The van der Waals surface area contributed by atoms with Crippen molar-refractivity contribution in [2.24, 2.45) is 0 Å². The molecule has 0 fully saturated rings. The molecule has 84 valence electrons. The van der Waals surface area contributed by atoms with Crippen LogP contribution in [0, 0.1) is 6.92 Å². The predicted octanol–water partition coefficient (Wildman–Crippen LogP) is 3.13. The first-order chi connectivity index (χ1) is 7.58. The first-order valence-corrected chi connectivity index (χ1v) is 5.55.